The minimum Gasteiger partial charge on any atom is -0.351 e. The molecule has 23 heavy (non-hydrogen) atoms. The van der Waals surface area contributed by atoms with Crippen molar-refractivity contribution >= 4 is 45.5 Å². The molecule has 6 nitrogen and oxygen atoms in total. The molecule has 2 aromatic rings. The molecular weight excluding hydrogens is 362 g/mol. The number of aryl methyl sites for hydroxylation is 1. The second-order valence-electron chi connectivity index (χ2n) is 4.98. The summed E-state index contributed by atoms with van der Waals surface area (Å²) < 4.78 is 2.59. The number of amides is 4. The molecule has 1 aromatic carbocycles. The van der Waals surface area contributed by atoms with E-state index in [1.807, 2.05) is 0 Å². The van der Waals surface area contributed by atoms with Gasteiger partial charge in [-0.25, -0.2) is 9.69 Å². The van der Waals surface area contributed by atoms with Crippen LogP contribution in [0.5, 0.6) is 0 Å². The number of benzene rings is 1. The highest BCUT2D eigenvalue weighted by atomic mass is 79.9. The number of nitrogens with zero attached hydrogens (tertiary/aromatic N) is 2. The number of halogens is 1. The van der Waals surface area contributed by atoms with Gasteiger partial charge in [0, 0.05) is 23.4 Å². The number of aromatic nitrogens is 1. The Balaban J connectivity index is 2.02. The normalized spacial score (nSPS) is 16.9. The summed E-state index contributed by atoms with van der Waals surface area (Å²) in [5, 5.41) is 2.19. The zero-order valence-corrected chi connectivity index (χ0v) is 13.7. The van der Waals surface area contributed by atoms with Gasteiger partial charge in [-0.15, -0.1) is 0 Å². The number of hydrogen-bond acceptors (Lipinski definition) is 3. The molecule has 1 aliphatic heterocycles. The number of carbonyl (C=O) groups excluding carboxylic acids is 3. The predicted octanol–water partition coefficient (Wildman–Crippen LogP) is 2.45. The first kappa shape index (κ1) is 15.2. The van der Waals surface area contributed by atoms with E-state index in [-0.39, 0.29) is 5.57 Å². The Bertz CT molecular complexity index is 837. The zero-order chi connectivity index (χ0) is 16.6. The summed E-state index contributed by atoms with van der Waals surface area (Å²) >= 11 is 3.30. The molecule has 1 N–H and O–H groups in total. The van der Waals surface area contributed by atoms with Gasteiger partial charge in [-0.1, -0.05) is 15.9 Å². The van der Waals surface area contributed by atoms with E-state index in [0.29, 0.717) is 11.4 Å². The fraction of sp³-hybridized carbons (Fsp3) is 0.0625. The van der Waals surface area contributed by atoms with E-state index >= 15 is 0 Å². The van der Waals surface area contributed by atoms with Gasteiger partial charge >= 0.3 is 6.03 Å². The molecule has 0 bridgehead atoms. The molecule has 1 saturated heterocycles. The zero-order valence-electron chi connectivity index (χ0n) is 12.1. The molecule has 0 atom stereocenters. The maximum Gasteiger partial charge on any atom is 0.335 e. The summed E-state index contributed by atoms with van der Waals surface area (Å²) in [6, 6.07) is 9.49. The summed E-state index contributed by atoms with van der Waals surface area (Å²) in [7, 11) is 1.80. The smallest absolute Gasteiger partial charge is 0.335 e. The average Bonchev–Trinajstić information content (AvgIpc) is 2.90. The highest BCUT2D eigenvalue weighted by molar-refractivity contribution is 9.10. The lowest BCUT2D eigenvalue weighted by Crippen LogP contribution is -2.54. The van der Waals surface area contributed by atoms with Gasteiger partial charge in [-0.05, 0) is 42.5 Å². The number of carbonyl (C=O) groups is 3. The molecule has 0 spiro atoms. The number of barbiturate groups is 1. The first-order valence-electron chi connectivity index (χ1n) is 6.76. The Morgan fingerprint density at radius 2 is 1.78 bits per heavy atom. The van der Waals surface area contributed by atoms with Crippen molar-refractivity contribution in [2.24, 2.45) is 7.05 Å². The highest BCUT2D eigenvalue weighted by Gasteiger charge is 2.36. The number of anilines is 1. The van der Waals surface area contributed by atoms with Crippen molar-refractivity contribution in [3.05, 3.63) is 58.3 Å². The van der Waals surface area contributed by atoms with Gasteiger partial charge in [0.1, 0.15) is 5.57 Å². The van der Waals surface area contributed by atoms with Gasteiger partial charge in [0.05, 0.1) is 5.69 Å². The van der Waals surface area contributed by atoms with E-state index in [1.165, 1.54) is 6.08 Å². The van der Waals surface area contributed by atoms with Gasteiger partial charge in [0.15, 0.2) is 0 Å². The average molecular weight is 374 g/mol. The van der Waals surface area contributed by atoms with Gasteiger partial charge in [0.25, 0.3) is 11.8 Å². The van der Waals surface area contributed by atoms with Crippen molar-refractivity contribution in [1.82, 2.24) is 9.88 Å². The Labute approximate surface area is 140 Å². The van der Waals surface area contributed by atoms with Crippen molar-refractivity contribution in [2.75, 3.05) is 4.90 Å². The number of rotatable bonds is 2. The van der Waals surface area contributed by atoms with E-state index in [4.69, 9.17) is 0 Å². The summed E-state index contributed by atoms with van der Waals surface area (Å²) in [6.45, 7) is 0. The Morgan fingerprint density at radius 1 is 1.09 bits per heavy atom. The van der Waals surface area contributed by atoms with E-state index in [2.05, 4.69) is 21.2 Å². The molecule has 1 aliphatic rings. The summed E-state index contributed by atoms with van der Waals surface area (Å²) in [6.07, 6.45) is 3.27. The highest BCUT2D eigenvalue weighted by Crippen LogP contribution is 2.23. The molecule has 2 heterocycles. The first-order valence-corrected chi connectivity index (χ1v) is 7.55. The van der Waals surface area contributed by atoms with Crippen molar-refractivity contribution < 1.29 is 14.4 Å². The fourth-order valence-corrected chi connectivity index (χ4v) is 2.52. The van der Waals surface area contributed by atoms with Crippen LogP contribution >= 0.6 is 15.9 Å². The minimum absolute atomic E-state index is 0.0886. The van der Waals surface area contributed by atoms with Crippen LogP contribution in [0.2, 0.25) is 0 Å². The van der Waals surface area contributed by atoms with Crippen LogP contribution in [0.25, 0.3) is 6.08 Å². The van der Waals surface area contributed by atoms with Crippen LogP contribution in [0.15, 0.2) is 52.6 Å². The lowest BCUT2D eigenvalue weighted by atomic mass is 10.1. The molecule has 0 saturated carbocycles. The van der Waals surface area contributed by atoms with Crippen molar-refractivity contribution in [2.45, 2.75) is 0 Å². The van der Waals surface area contributed by atoms with Crippen molar-refractivity contribution in [3.63, 3.8) is 0 Å². The number of nitrogens with one attached hydrogen (secondary N) is 1. The van der Waals surface area contributed by atoms with Crippen molar-refractivity contribution in [3.8, 4) is 0 Å². The number of urea groups is 1. The quantitative estimate of drug-likeness (QED) is 0.649. The molecule has 116 valence electrons. The molecule has 1 aromatic heterocycles. The summed E-state index contributed by atoms with van der Waals surface area (Å²) in [4.78, 5) is 37.6. The van der Waals surface area contributed by atoms with Crippen LogP contribution in [-0.4, -0.2) is 22.4 Å². The van der Waals surface area contributed by atoms with E-state index in [0.717, 1.165) is 9.37 Å². The van der Waals surface area contributed by atoms with Gasteiger partial charge < -0.3 is 4.57 Å². The topological polar surface area (TPSA) is 71.4 Å². The van der Waals surface area contributed by atoms with E-state index in [9.17, 15) is 14.4 Å². The molecule has 0 aliphatic carbocycles. The Morgan fingerprint density at radius 3 is 2.39 bits per heavy atom. The standard InChI is InChI=1S/C16H12BrN3O3/c1-19-8-2-3-12(19)9-13-14(21)18-16(23)20(15(13)22)11-6-4-10(17)5-7-11/h2-9H,1H3,(H,18,21,23)/b13-9-. The molecule has 1 fully saturated rings. The van der Waals surface area contributed by atoms with Crippen LogP contribution in [0.3, 0.4) is 0 Å². The molecule has 0 radical (unpaired) electrons. The van der Waals surface area contributed by atoms with Crippen LogP contribution in [0.4, 0.5) is 10.5 Å². The van der Waals surface area contributed by atoms with Gasteiger partial charge in [-0.2, -0.15) is 0 Å². The lowest BCUT2D eigenvalue weighted by Gasteiger charge is -2.26. The fourth-order valence-electron chi connectivity index (χ4n) is 2.25. The van der Waals surface area contributed by atoms with Crippen LogP contribution < -0.4 is 10.2 Å². The molecule has 3 rings (SSSR count). The lowest BCUT2D eigenvalue weighted by molar-refractivity contribution is -0.122. The largest absolute Gasteiger partial charge is 0.351 e. The van der Waals surface area contributed by atoms with E-state index < -0.39 is 17.8 Å². The van der Waals surface area contributed by atoms with Crippen LogP contribution in [0, 0.1) is 0 Å². The maximum absolute atomic E-state index is 12.6. The Kier molecular flexibility index (Phi) is 3.87. The van der Waals surface area contributed by atoms with Crippen molar-refractivity contribution in [1.29, 1.82) is 0 Å². The SMILES string of the molecule is Cn1cccc1/C=C1/C(=O)NC(=O)N(c2ccc(Br)cc2)C1=O. The Hall–Kier alpha value is -2.67. The molecule has 4 amide bonds. The van der Waals surface area contributed by atoms with Gasteiger partial charge in [-0.3, -0.25) is 14.9 Å². The first-order chi connectivity index (χ1) is 11.0. The predicted molar refractivity (Wildman–Crippen MR) is 88.6 cm³/mol. The number of hydrogen-bond donors (Lipinski definition) is 1. The molecule has 7 heteroatoms. The third-order valence-electron chi connectivity index (χ3n) is 3.46. The van der Waals surface area contributed by atoms with Crippen LogP contribution in [0.1, 0.15) is 5.69 Å². The second-order valence-corrected chi connectivity index (χ2v) is 5.89. The summed E-state index contributed by atoms with van der Waals surface area (Å²) in [5.41, 5.74) is 0.990. The number of imide groups is 2. The maximum atomic E-state index is 12.6. The third-order valence-corrected chi connectivity index (χ3v) is 3.99. The second kappa shape index (κ2) is 5.85. The minimum atomic E-state index is -0.758. The summed E-state index contributed by atoms with van der Waals surface area (Å²) in [5.74, 6) is -1.35. The van der Waals surface area contributed by atoms with E-state index in [1.54, 1.807) is 54.2 Å². The van der Waals surface area contributed by atoms with Crippen LogP contribution in [-0.2, 0) is 16.6 Å². The molecular formula is C16H12BrN3O3. The van der Waals surface area contributed by atoms with Gasteiger partial charge in [0.2, 0.25) is 0 Å². The molecule has 0 unspecified atom stereocenters. The monoisotopic (exact) mass is 373 g/mol. The third kappa shape index (κ3) is 2.83.